The molecule has 2 aromatic rings. The van der Waals surface area contributed by atoms with Crippen molar-refractivity contribution in [2.24, 2.45) is 0 Å². The summed E-state index contributed by atoms with van der Waals surface area (Å²) in [6.07, 6.45) is 2.48. The predicted octanol–water partition coefficient (Wildman–Crippen LogP) is 2.23. The van der Waals surface area contributed by atoms with Gasteiger partial charge in [0.1, 0.15) is 17.7 Å². The van der Waals surface area contributed by atoms with Crippen molar-refractivity contribution in [1.29, 1.82) is 0 Å². The molecular formula is C13H12FN3O2. The largest absolute Gasteiger partial charge is 0.478 e. The fourth-order valence-electron chi connectivity index (χ4n) is 1.62. The molecule has 0 fully saturated rings. The average Bonchev–Trinajstić information content (AvgIpc) is 2.38. The molecule has 0 saturated heterocycles. The molecule has 0 atom stereocenters. The third-order valence-corrected chi connectivity index (χ3v) is 2.60. The number of carboxylic acid groups (broad SMARTS) is 1. The minimum atomic E-state index is -1.11. The van der Waals surface area contributed by atoms with Crippen LogP contribution in [0, 0.1) is 12.7 Å². The molecule has 0 amide bonds. The van der Waals surface area contributed by atoms with Gasteiger partial charge in [-0.2, -0.15) is 0 Å². The van der Waals surface area contributed by atoms with Crippen LogP contribution in [-0.2, 0) is 6.54 Å². The first-order valence-electron chi connectivity index (χ1n) is 5.60. The zero-order valence-corrected chi connectivity index (χ0v) is 10.2. The number of hydrogen-bond donors (Lipinski definition) is 2. The van der Waals surface area contributed by atoms with Crippen LogP contribution in [0.2, 0.25) is 0 Å². The molecule has 0 saturated carbocycles. The number of nitrogens with zero attached hydrogens (tertiary/aromatic N) is 2. The van der Waals surface area contributed by atoms with Gasteiger partial charge in [-0.3, -0.25) is 0 Å². The Morgan fingerprint density at radius 2 is 2.26 bits per heavy atom. The lowest BCUT2D eigenvalue weighted by atomic mass is 10.2. The Kier molecular flexibility index (Phi) is 3.70. The zero-order chi connectivity index (χ0) is 13.8. The maximum absolute atomic E-state index is 13.6. The van der Waals surface area contributed by atoms with E-state index < -0.39 is 5.97 Å². The van der Waals surface area contributed by atoms with Crippen molar-refractivity contribution in [2.45, 2.75) is 13.5 Å². The smallest absolute Gasteiger partial charge is 0.339 e. The van der Waals surface area contributed by atoms with E-state index in [1.54, 1.807) is 19.1 Å². The summed E-state index contributed by atoms with van der Waals surface area (Å²) < 4.78 is 13.6. The molecule has 0 aliphatic heterocycles. The first-order valence-corrected chi connectivity index (χ1v) is 5.60. The maximum Gasteiger partial charge on any atom is 0.339 e. The number of benzene rings is 1. The highest BCUT2D eigenvalue weighted by molar-refractivity contribution is 5.88. The number of halogens is 1. The molecule has 1 heterocycles. The molecule has 6 heteroatoms. The highest BCUT2D eigenvalue weighted by Crippen LogP contribution is 2.16. The van der Waals surface area contributed by atoms with Gasteiger partial charge in [-0.1, -0.05) is 6.07 Å². The van der Waals surface area contributed by atoms with E-state index in [1.807, 2.05) is 0 Å². The minimum absolute atomic E-state index is 0.00233. The molecule has 1 aromatic heterocycles. The molecule has 0 aliphatic rings. The van der Waals surface area contributed by atoms with Gasteiger partial charge in [-0.25, -0.2) is 19.2 Å². The summed E-state index contributed by atoms with van der Waals surface area (Å²) in [5.41, 5.74) is 1.43. The van der Waals surface area contributed by atoms with Gasteiger partial charge in [0.2, 0.25) is 0 Å². The molecular weight excluding hydrogens is 249 g/mol. The summed E-state index contributed by atoms with van der Waals surface area (Å²) >= 11 is 0. The van der Waals surface area contributed by atoms with Gasteiger partial charge < -0.3 is 10.4 Å². The van der Waals surface area contributed by atoms with E-state index >= 15 is 0 Å². The summed E-state index contributed by atoms with van der Waals surface area (Å²) in [5, 5.41) is 11.8. The van der Waals surface area contributed by atoms with Gasteiger partial charge in [-0.05, 0) is 24.6 Å². The number of carboxylic acids is 1. The van der Waals surface area contributed by atoms with Crippen molar-refractivity contribution in [3.63, 3.8) is 0 Å². The second kappa shape index (κ2) is 5.43. The Morgan fingerprint density at radius 3 is 2.95 bits per heavy atom. The first kappa shape index (κ1) is 12.9. The summed E-state index contributed by atoms with van der Waals surface area (Å²) in [6, 6.07) is 4.77. The van der Waals surface area contributed by atoms with E-state index in [-0.39, 0.29) is 17.9 Å². The van der Waals surface area contributed by atoms with Crippen LogP contribution in [0.3, 0.4) is 0 Å². The van der Waals surface area contributed by atoms with E-state index in [9.17, 15) is 9.18 Å². The molecule has 2 N–H and O–H groups in total. The zero-order valence-electron chi connectivity index (χ0n) is 10.2. The third-order valence-electron chi connectivity index (χ3n) is 2.60. The highest BCUT2D eigenvalue weighted by atomic mass is 19.1. The Hall–Kier alpha value is -2.50. The fourth-order valence-corrected chi connectivity index (χ4v) is 1.62. The maximum atomic E-state index is 13.6. The number of rotatable bonds is 4. The summed E-state index contributed by atoms with van der Waals surface area (Å²) in [7, 11) is 0. The van der Waals surface area contributed by atoms with Gasteiger partial charge in [0.15, 0.2) is 0 Å². The molecule has 0 spiro atoms. The van der Waals surface area contributed by atoms with E-state index in [4.69, 9.17) is 5.11 Å². The van der Waals surface area contributed by atoms with Gasteiger partial charge in [-0.15, -0.1) is 0 Å². The Balaban J connectivity index is 2.17. The lowest BCUT2D eigenvalue weighted by molar-refractivity contribution is 0.0694. The number of nitrogens with one attached hydrogen (secondary N) is 1. The number of carbonyl (C=O) groups is 1. The lowest BCUT2D eigenvalue weighted by Gasteiger charge is -2.09. The summed E-state index contributed by atoms with van der Waals surface area (Å²) in [4.78, 5) is 18.5. The van der Waals surface area contributed by atoms with Gasteiger partial charge in [0.05, 0.1) is 17.9 Å². The number of aromatic nitrogens is 2. The SMILES string of the molecule is Cc1ccc(NCc2ncncc2C(=O)O)c(F)c1. The Bertz CT molecular complexity index is 617. The van der Waals surface area contributed by atoms with Crippen LogP contribution in [-0.4, -0.2) is 21.0 Å². The van der Waals surface area contributed by atoms with Crippen LogP contribution in [0.4, 0.5) is 10.1 Å². The topological polar surface area (TPSA) is 75.1 Å². The van der Waals surface area contributed by atoms with Gasteiger partial charge in [0, 0.05) is 6.20 Å². The van der Waals surface area contributed by atoms with E-state index in [2.05, 4.69) is 15.3 Å². The van der Waals surface area contributed by atoms with Crippen LogP contribution in [0.25, 0.3) is 0 Å². The van der Waals surface area contributed by atoms with Gasteiger partial charge in [0.25, 0.3) is 0 Å². The first-order chi connectivity index (χ1) is 9.08. The Morgan fingerprint density at radius 1 is 1.47 bits per heavy atom. The molecule has 0 unspecified atom stereocenters. The molecule has 0 aliphatic carbocycles. The Labute approximate surface area is 109 Å². The molecule has 2 rings (SSSR count). The third kappa shape index (κ3) is 3.04. The second-order valence-corrected chi connectivity index (χ2v) is 4.03. The van der Waals surface area contributed by atoms with Crippen molar-refractivity contribution in [1.82, 2.24) is 9.97 Å². The fraction of sp³-hybridized carbons (Fsp3) is 0.154. The van der Waals surface area contributed by atoms with Gasteiger partial charge >= 0.3 is 5.97 Å². The normalized spacial score (nSPS) is 10.2. The van der Waals surface area contributed by atoms with Crippen LogP contribution in [0.5, 0.6) is 0 Å². The molecule has 5 nitrogen and oxygen atoms in total. The highest BCUT2D eigenvalue weighted by Gasteiger charge is 2.11. The molecule has 0 radical (unpaired) electrons. The van der Waals surface area contributed by atoms with Crippen LogP contribution in [0.15, 0.2) is 30.7 Å². The predicted molar refractivity (Wildman–Crippen MR) is 67.5 cm³/mol. The standard InChI is InChI=1S/C13H12FN3O2/c1-8-2-3-11(10(14)4-8)16-6-12-9(13(18)19)5-15-7-17-12/h2-5,7,16H,6H2,1H3,(H,18,19). The van der Waals surface area contributed by atoms with Crippen molar-refractivity contribution < 1.29 is 14.3 Å². The summed E-state index contributed by atoms with van der Waals surface area (Å²) in [5.74, 6) is -1.49. The average molecular weight is 261 g/mol. The number of hydrogen-bond acceptors (Lipinski definition) is 4. The van der Waals surface area contributed by atoms with Crippen molar-refractivity contribution in [2.75, 3.05) is 5.32 Å². The second-order valence-electron chi connectivity index (χ2n) is 4.03. The number of aryl methyl sites for hydroxylation is 1. The van der Waals surface area contributed by atoms with Crippen LogP contribution >= 0.6 is 0 Å². The summed E-state index contributed by atoms with van der Waals surface area (Å²) in [6.45, 7) is 1.91. The van der Waals surface area contributed by atoms with E-state index in [1.165, 1.54) is 18.6 Å². The van der Waals surface area contributed by atoms with Crippen molar-refractivity contribution in [3.8, 4) is 0 Å². The monoisotopic (exact) mass is 261 g/mol. The van der Waals surface area contributed by atoms with Crippen molar-refractivity contribution in [3.05, 3.63) is 53.4 Å². The number of anilines is 1. The molecule has 19 heavy (non-hydrogen) atoms. The van der Waals surface area contributed by atoms with Crippen molar-refractivity contribution >= 4 is 11.7 Å². The quantitative estimate of drug-likeness (QED) is 0.882. The molecule has 98 valence electrons. The van der Waals surface area contributed by atoms with Crippen LogP contribution < -0.4 is 5.32 Å². The minimum Gasteiger partial charge on any atom is -0.478 e. The lowest BCUT2D eigenvalue weighted by Crippen LogP contribution is -2.10. The molecule has 1 aromatic carbocycles. The van der Waals surface area contributed by atoms with E-state index in [0.29, 0.717) is 11.4 Å². The molecule has 0 bridgehead atoms. The van der Waals surface area contributed by atoms with E-state index in [0.717, 1.165) is 5.56 Å². The number of aromatic carboxylic acids is 1. The van der Waals surface area contributed by atoms with Crippen LogP contribution in [0.1, 0.15) is 21.6 Å².